The molecule has 0 saturated carbocycles. The maximum absolute atomic E-state index is 6.14. The van der Waals surface area contributed by atoms with Crippen molar-refractivity contribution >= 4 is 34.3 Å². The highest BCUT2D eigenvalue weighted by Crippen LogP contribution is 2.21. The topological polar surface area (TPSA) is 37.2 Å². The average Bonchev–Trinajstić information content (AvgIpc) is 3.19. The minimum atomic E-state index is 0.794. The number of hydrogen-bond donors (Lipinski definition) is 0. The van der Waals surface area contributed by atoms with Crippen molar-refractivity contribution in [2.24, 2.45) is 0 Å². The first-order valence-corrected chi connectivity index (χ1v) is 11.4. The molecule has 0 spiro atoms. The zero-order chi connectivity index (χ0) is 21.9. The van der Waals surface area contributed by atoms with E-state index >= 15 is 0 Å². The summed E-state index contributed by atoms with van der Waals surface area (Å²) >= 11 is 6.14. The Morgan fingerprint density at radius 2 is 1.81 bits per heavy atom. The lowest BCUT2D eigenvalue weighted by Crippen LogP contribution is -2.46. The summed E-state index contributed by atoms with van der Waals surface area (Å²) in [5.74, 6) is 0.845. The zero-order valence-corrected chi connectivity index (χ0v) is 18.9. The van der Waals surface area contributed by atoms with Gasteiger partial charge in [0.25, 0.3) is 0 Å². The second-order valence-electron chi connectivity index (χ2n) is 8.13. The molecule has 6 heteroatoms. The van der Waals surface area contributed by atoms with E-state index in [0.29, 0.717) is 0 Å². The molecule has 1 aliphatic heterocycles. The van der Waals surface area contributed by atoms with Crippen LogP contribution in [0.25, 0.3) is 22.8 Å². The van der Waals surface area contributed by atoms with Crippen molar-refractivity contribution in [2.45, 2.75) is 6.92 Å². The van der Waals surface area contributed by atoms with Crippen molar-refractivity contribution in [1.29, 1.82) is 0 Å². The molecular formula is C26H26ClN5. The van der Waals surface area contributed by atoms with Gasteiger partial charge in [0.15, 0.2) is 5.82 Å². The number of benzene rings is 2. The highest BCUT2D eigenvalue weighted by molar-refractivity contribution is 6.30. The third kappa shape index (κ3) is 4.40. The Morgan fingerprint density at radius 3 is 2.66 bits per heavy atom. The summed E-state index contributed by atoms with van der Waals surface area (Å²) in [6.07, 6.45) is 6.32. The van der Waals surface area contributed by atoms with Crippen LogP contribution >= 0.6 is 11.6 Å². The summed E-state index contributed by atoms with van der Waals surface area (Å²) in [6, 6.07) is 20.4. The molecule has 0 atom stereocenters. The van der Waals surface area contributed by atoms with Gasteiger partial charge >= 0.3 is 0 Å². The van der Waals surface area contributed by atoms with Gasteiger partial charge in [-0.1, -0.05) is 48.0 Å². The van der Waals surface area contributed by atoms with E-state index < -0.39 is 0 Å². The van der Waals surface area contributed by atoms with Crippen molar-refractivity contribution in [3.8, 4) is 5.82 Å². The fourth-order valence-electron chi connectivity index (χ4n) is 4.18. The monoisotopic (exact) mass is 443 g/mol. The quantitative estimate of drug-likeness (QED) is 0.424. The number of fused-ring (bicyclic) bond motifs is 1. The van der Waals surface area contributed by atoms with Crippen LogP contribution in [0.1, 0.15) is 11.3 Å². The summed E-state index contributed by atoms with van der Waals surface area (Å²) in [4.78, 5) is 9.64. The first-order valence-electron chi connectivity index (χ1n) is 11.0. The smallest absolute Gasteiger partial charge is 0.154 e. The molecule has 2 aromatic heterocycles. The highest BCUT2D eigenvalue weighted by atomic mass is 35.5. The standard InChI is InChI=1S/C26H26ClN5/c1-20-22(19-28-32(20)26-12-11-21-6-2-3-10-25(21)29-26)7-5-13-30-14-16-31(17-15-30)24-9-4-8-23(27)18-24/h2-12,18-19H,13-17H2,1H3/b7-5+. The number of piperazine rings is 1. The maximum Gasteiger partial charge on any atom is 0.154 e. The van der Waals surface area contributed by atoms with Crippen LogP contribution in [-0.2, 0) is 0 Å². The van der Waals surface area contributed by atoms with Crippen LogP contribution < -0.4 is 4.90 Å². The summed E-state index contributed by atoms with van der Waals surface area (Å²) in [5.41, 5.74) is 4.40. The number of aromatic nitrogens is 3. The Labute approximate surface area is 193 Å². The third-order valence-corrected chi connectivity index (χ3v) is 6.29. The highest BCUT2D eigenvalue weighted by Gasteiger charge is 2.16. The van der Waals surface area contributed by atoms with E-state index in [4.69, 9.17) is 16.6 Å². The van der Waals surface area contributed by atoms with Gasteiger partial charge in [0.05, 0.1) is 17.4 Å². The molecule has 1 fully saturated rings. The number of anilines is 1. The second kappa shape index (κ2) is 9.15. The predicted molar refractivity (Wildman–Crippen MR) is 133 cm³/mol. The summed E-state index contributed by atoms with van der Waals surface area (Å²) in [7, 11) is 0. The van der Waals surface area contributed by atoms with Crippen molar-refractivity contribution in [3.05, 3.63) is 89.2 Å². The number of halogens is 1. The minimum absolute atomic E-state index is 0.794. The fourth-order valence-corrected chi connectivity index (χ4v) is 4.36. The number of pyridine rings is 1. The molecule has 1 aliphatic rings. The van der Waals surface area contributed by atoms with Crippen LogP contribution in [0.4, 0.5) is 5.69 Å². The zero-order valence-electron chi connectivity index (χ0n) is 18.2. The molecule has 0 N–H and O–H groups in total. The average molecular weight is 444 g/mol. The van der Waals surface area contributed by atoms with Crippen LogP contribution in [0.15, 0.2) is 72.9 Å². The van der Waals surface area contributed by atoms with Crippen molar-refractivity contribution in [2.75, 3.05) is 37.6 Å². The van der Waals surface area contributed by atoms with Gasteiger partial charge in [-0.25, -0.2) is 9.67 Å². The molecule has 5 rings (SSSR count). The summed E-state index contributed by atoms with van der Waals surface area (Å²) < 4.78 is 1.91. The lowest BCUT2D eigenvalue weighted by atomic mass is 10.2. The summed E-state index contributed by atoms with van der Waals surface area (Å²) in [6.45, 7) is 7.12. The predicted octanol–water partition coefficient (Wildman–Crippen LogP) is 5.22. The van der Waals surface area contributed by atoms with Gasteiger partial charge in [-0.15, -0.1) is 0 Å². The Morgan fingerprint density at radius 1 is 0.969 bits per heavy atom. The molecular weight excluding hydrogens is 418 g/mol. The molecule has 0 bridgehead atoms. The third-order valence-electron chi connectivity index (χ3n) is 6.06. The van der Waals surface area contributed by atoms with Gasteiger partial charge in [-0.3, -0.25) is 4.90 Å². The Bertz CT molecular complexity index is 1250. The lowest BCUT2D eigenvalue weighted by molar-refractivity contribution is 0.284. The van der Waals surface area contributed by atoms with Crippen LogP contribution in [0.3, 0.4) is 0 Å². The molecule has 0 amide bonds. The minimum Gasteiger partial charge on any atom is -0.369 e. The van der Waals surface area contributed by atoms with Gasteiger partial charge < -0.3 is 4.90 Å². The Hall–Kier alpha value is -3.15. The van der Waals surface area contributed by atoms with E-state index in [2.05, 4.69) is 52.2 Å². The molecule has 1 saturated heterocycles. The van der Waals surface area contributed by atoms with E-state index in [0.717, 1.165) is 65.7 Å². The van der Waals surface area contributed by atoms with Gasteiger partial charge in [0.1, 0.15) is 0 Å². The molecule has 0 aliphatic carbocycles. The van der Waals surface area contributed by atoms with E-state index in [1.807, 2.05) is 53.3 Å². The van der Waals surface area contributed by atoms with Gasteiger partial charge in [-0.2, -0.15) is 5.10 Å². The van der Waals surface area contributed by atoms with Gasteiger partial charge in [0, 0.05) is 54.4 Å². The summed E-state index contributed by atoms with van der Waals surface area (Å²) in [5, 5.41) is 6.51. The first-order chi connectivity index (χ1) is 15.7. The van der Waals surface area contributed by atoms with E-state index in [1.54, 1.807) is 0 Å². The van der Waals surface area contributed by atoms with E-state index in [-0.39, 0.29) is 0 Å². The van der Waals surface area contributed by atoms with Gasteiger partial charge in [-0.05, 0) is 43.3 Å². The molecule has 5 nitrogen and oxygen atoms in total. The van der Waals surface area contributed by atoms with Crippen LogP contribution in [0, 0.1) is 6.92 Å². The SMILES string of the molecule is Cc1c(/C=C/CN2CCN(c3cccc(Cl)c3)CC2)cnn1-c1ccc2ccccc2n1. The van der Waals surface area contributed by atoms with Crippen molar-refractivity contribution in [3.63, 3.8) is 0 Å². The molecule has 0 radical (unpaired) electrons. The van der Waals surface area contributed by atoms with Crippen molar-refractivity contribution in [1.82, 2.24) is 19.7 Å². The van der Waals surface area contributed by atoms with E-state index in [1.165, 1.54) is 5.69 Å². The van der Waals surface area contributed by atoms with Gasteiger partial charge in [0.2, 0.25) is 0 Å². The maximum atomic E-state index is 6.14. The number of hydrogen-bond acceptors (Lipinski definition) is 4. The largest absolute Gasteiger partial charge is 0.369 e. The molecule has 0 unspecified atom stereocenters. The first kappa shape index (κ1) is 20.7. The molecule has 4 aromatic rings. The molecule has 32 heavy (non-hydrogen) atoms. The number of para-hydroxylation sites is 1. The second-order valence-corrected chi connectivity index (χ2v) is 8.57. The van der Waals surface area contributed by atoms with Crippen LogP contribution in [-0.4, -0.2) is 52.4 Å². The Kier molecular flexibility index (Phi) is 5.93. The molecule has 3 heterocycles. The van der Waals surface area contributed by atoms with Crippen LogP contribution in [0.2, 0.25) is 5.02 Å². The van der Waals surface area contributed by atoms with E-state index in [9.17, 15) is 0 Å². The molecule has 2 aromatic carbocycles. The normalized spacial score (nSPS) is 15.1. The fraction of sp³-hybridized carbons (Fsp3) is 0.231. The Balaban J connectivity index is 1.21. The number of nitrogens with zero attached hydrogens (tertiary/aromatic N) is 5. The van der Waals surface area contributed by atoms with Crippen LogP contribution in [0.5, 0.6) is 0 Å². The van der Waals surface area contributed by atoms with Crippen molar-refractivity contribution < 1.29 is 0 Å². The molecule has 162 valence electrons. The lowest BCUT2D eigenvalue weighted by Gasteiger charge is -2.35. The number of rotatable bonds is 5.